The number of carbonyl (C=O) groups is 2. The van der Waals surface area contributed by atoms with E-state index in [1.165, 1.54) is 6.42 Å². The molecule has 4 heteroatoms. The normalized spacial score (nSPS) is 18.8. The molecule has 1 saturated carbocycles. The number of carboxylic acid groups (broad SMARTS) is 1. The fourth-order valence-corrected chi connectivity index (χ4v) is 2.99. The summed E-state index contributed by atoms with van der Waals surface area (Å²) in [5, 5.41) is 12.3. The molecule has 0 aromatic carbocycles. The van der Waals surface area contributed by atoms with E-state index >= 15 is 0 Å². The average molecular weight is 283 g/mol. The van der Waals surface area contributed by atoms with Gasteiger partial charge in [0.15, 0.2) is 0 Å². The molecule has 0 unspecified atom stereocenters. The number of hydrogen-bond acceptors (Lipinski definition) is 3. The molecule has 4 nitrogen and oxygen atoms in total. The molecule has 0 heterocycles. The Labute approximate surface area is 122 Å². The van der Waals surface area contributed by atoms with Crippen LogP contribution in [0, 0.1) is 5.41 Å². The third kappa shape index (κ3) is 6.51. The standard InChI is InChI=1S/C16H29NO3/c1-15(2,3)17-12-13(18)7-10-16(11-14(19)20)8-5-4-6-9-16/h17H,4-12H2,1-3H3,(H,19,20). The van der Waals surface area contributed by atoms with Crippen molar-refractivity contribution < 1.29 is 14.7 Å². The highest BCUT2D eigenvalue weighted by Crippen LogP contribution is 2.43. The Kier molecular flexibility index (Phi) is 6.18. The van der Waals surface area contributed by atoms with Crippen LogP contribution in [0.2, 0.25) is 0 Å². The third-order valence-corrected chi connectivity index (χ3v) is 4.19. The molecule has 1 aliphatic rings. The lowest BCUT2D eigenvalue weighted by molar-refractivity contribution is -0.141. The summed E-state index contributed by atoms with van der Waals surface area (Å²) in [6.45, 7) is 6.49. The summed E-state index contributed by atoms with van der Waals surface area (Å²) in [7, 11) is 0. The van der Waals surface area contributed by atoms with Crippen molar-refractivity contribution in [2.45, 2.75) is 77.7 Å². The Morgan fingerprint density at radius 2 is 1.75 bits per heavy atom. The molecule has 0 bridgehead atoms. The van der Waals surface area contributed by atoms with E-state index in [0.717, 1.165) is 32.1 Å². The van der Waals surface area contributed by atoms with Crippen LogP contribution in [0.1, 0.15) is 72.1 Å². The molecular formula is C16H29NO3. The Morgan fingerprint density at radius 1 is 1.15 bits per heavy atom. The van der Waals surface area contributed by atoms with Crippen molar-refractivity contribution in [2.75, 3.05) is 6.54 Å². The van der Waals surface area contributed by atoms with Gasteiger partial charge in [0.1, 0.15) is 5.78 Å². The van der Waals surface area contributed by atoms with Gasteiger partial charge in [-0.3, -0.25) is 9.59 Å². The summed E-state index contributed by atoms with van der Waals surface area (Å²) in [6.07, 6.45) is 6.75. The summed E-state index contributed by atoms with van der Waals surface area (Å²) in [6, 6.07) is 0. The van der Waals surface area contributed by atoms with E-state index in [4.69, 9.17) is 5.11 Å². The Bertz CT molecular complexity index is 338. The fraction of sp³-hybridized carbons (Fsp3) is 0.875. The number of carbonyl (C=O) groups excluding carboxylic acids is 1. The third-order valence-electron chi connectivity index (χ3n) is 4.19. The van der Waals surface area contributed by atoms with Crippen LogP contribution in [-0.2, 0) is 9.59 Å². The predicted molar refractivity (Wildman–Crippen MR) is 79.8 cm³/mol. The second kappa shape index (κ2) is 7.21. The molecule has 1 fully saturated rings. The molecule has 0 saturated heterocycles. The van der Waals surface area contributed by atoms with Crippen LogP contribution >= 0.6 is 0 Å². The molecular weight excluding hydrogens is 254 g/mol. The number of nitrogens with one attached hydrogen (secondary N) is 1. The van der Waals surface area contributed by atoms with Gasteiger partial charge in [-0.05, 0) is 45.4 Å². The number of Topliss-reactive ketones (excluding diaryl/α,β-unsaturated/α-hetero) is 1. The molecule has 0 aromatic heterocycles. The molecule has 0 aromatic rings. The van der Waals surface area contributed by atoms with Crippen LogP contribution in [0.25, 0.3) is 0 Å². The second-order valence-electron chi connectivity index (χ2n) is 7.27. The van der Waals surface area contributed by atoms with Crippen LogP contribution < -0.4 is 5.32 Å². The lowest BCUT2D eigenvalue weighted by atomic mass is 9.69. The van der Waals surface area contributed by atoms with Gasteiger partial charge in [-0.25, -0.2) is 0 Å². The van der Waals surface area contributed by atoms with Gasteiger partial charge < -0.3 is 10.4 Å². The SMILES string of the molecule is CC(C)(C)NCC(=O)CCC1(CC(=O)O)CCCCC1. The van der Waals surface area contributed by atoms with Crippen molar-refractivity contribution in [3.63, 3.8) is 0 Å². The molecule has 1 rings (SSSR count). The van der Waals surface area contributed by atoms with E-state index in [-0.39, 0.29) is 23.2 Å². The molecule has 0 atom stereocenters. The molecule has 0 aliphatic heterocycles. The van der Waals surface area contributed by atoms with Crippen molar-refractivity contribution in [3.8, 4) is 0 Å². The Hall–Kier alpha value is -0.900. The predicted octanol–water partition coefficient (Wildman–Crippen LogP) is 3.15. The smallest absolute Gasteiger partial charge is 0.303 e. The minimum absolute atomic E-state index is 0.0563. The summed E-state index contributed by atoms with van der Waals surface area (Å²) in [5.74, 6) is -0.539. The lowest BCUT2D eigenvalue weighted by Crippen LogP contribution is -2.39. The molecule has 0 radical (unpaired) electrons. The van der Waals surface area contributed by atoms with Gasteiger partial charge in [0, 0.05) is 12.0 Å². The molecule has 20 heavy (non-hydrogen) atoms. The highest BCUT2D eigenvalue weighted by atomic mass is 16.4. The van der Waals surface area contributed by atoms with E-state index in [2.05, 4.69) is 5.32 Å². The average Bonchev–Trinajstić information content (AvgIpc) is 2.33. The highest BCUT2D eigenvalue weighted by Gasteiger charge is 2.34. The van der Waals surface area contributed by atoms with Crippen LogP contribution in [0.4, 0.5) is 0 Å². The van der Waals surface area contributed by atoms with Gasteiger partial charge in [0.05, 0.1) is 13.0 Å². The Morgan fingerprint density at radius 3 is 2.25 bits per heavy atom. The quantitative estimate of drug-likeness (QED) is 0.753. The maximum absolute atomic E-state index is 12.0. The van der Waals surface area contributed by atoms with Gasteiger partial charge in [-0.2, -0.15) is 0 Å². The number of hydrogen-bond donors (Lipinski definition) is 2. The summed E-state index contributed by atoms with van der Waals surface area (Å²) >= 11 is 0. The number of carboxylic acids is 1. The summed E-state index contributed by atoms with van der Waals surface area (Å²) < 4.78 is 0. The van der Waals surface area contributed by atoms with E-state index in [1.54, 1.807) is 0 Å². The van der Waals surface area contributed by atoms with E-state index in [0.29, 0.717) is 13.0 Å². The molecule has 1 aliphatic carbocycles. The first-order valence-electron chi connectivity index (χ1n) is 7.71. The van der Waals surface area contributed by atoms with Crippen LogP contribution in [-0.4, -0.2) is 28.9 Å². The lowest BCUT2D eigenvalue weighted by Gasteiger charge is -2.36. The molecule has 116 valence electrons. The van der Waals surface area contributed by atoms with Gasteiger partial charge in [-0.1, -0.05) is 19.3 Å². The van der Waals surface area contributed by atoms with Crippen molar-refractivity contribution in [1.29, 1.82) is 0 Å². The fourth-order valence-electron chi connectivity index (χ4n) is 2.99. The zero-order chi connectivity index (χ0) is 15.2. The maximum atomic E-state index is 12.0. The molecule has 0 spiro atoms. The van der Waals surface area contributed by atoms with Crippen molar-refractivity contribution in [3.05, 3.63) is 0 Å². The van der Waals surface area contributed by atoms with Crippen molar-refractivity contribution >= 4 is 11.8 Å². The van der Waals surface area contributed by atoms with Crippen molar-refractivity contribution in [2.24, 2.45) is 5.41 Å². The van der Waals surface area contributed by atoms with E-state index in [9.17, 15) is 9.59 Å². The second-order valence-corrected chi connectivity index (χ2v) is 7.27. The van der Waals surface area contributed by atoms with Gasteiger partial charge in [-0.15, -0.1) is 0 Å². The topological polar surface area (TPSA) is 66.4 Å². The summed E-state index contributed by atoms with van der Waals surface area (Å²) in [4.78, 5) is 23.0. The number of ketones is 1. The van der Waals surface area contributed by atoms with Crippen LogP contribution in [0.15, 0.2) is 0 Å². The highest BCUT2D eigenvalue weighted by molar-refractivity contribution is 5.80. The largest absolute Gasteiger partial charge is 0.481 e. The van der Waals surface area contributed by atoms with E-state index in [1.807, 2.05) is 20.8 Å². The monoisotopic (exact) mass is 283 g/mol. The van der Waals surface area contributed by atoms with E-state index < -0.39 is 5.97 Å². The Balaban J connectivity index is 2.45. The zero-order valence-electron chi connectivity index (χ0n) is 13.1. The number of rotatable bonds is 7. The van der Waals surface area contributed by atoms with Crippen LogP contribution in [0.3, 0.4) is 0 Å². The first-order valence-corrected chi connectivity index (χ1v) is 7.71. The maximum Gasteiger partial charge on any atom is 0.303 e. The van der Waals surface area contributed by atoms with Crippen molar-refractivity contribution in [1.82, 2.24) is 5.32 Å². The number of aliphatic carboxylic acids is 1. The molecule has 0 amide bonds. The minimum atomic E-state index is -0.729. The zero-order valence-corrected chi connectivity index (χ0v) is 13.1. The summed E-state index contributed by atoms with van der Waals surface area (Å²) in [5.41, 5.74) is -0.194. The molecule has 2 N–H and O–H groups in total. The van der Waals surface area contributed by atoms with Gasteiger partial charge >= 0.3 is 5.97 Å². The van der Waals surface area contributed by atoms with Crippen LogP contribution in [0.5, 0.6) is 0 Å². The first-order chi connectivity index (χ1) is 9.22. The van der Waals surface area contributed by atoms with Gasteiger partial charge in [0.2, 0.25) is 0 Å². The first kappa shape index (κ1) is 17.2. The minimum Gasteiger partial charge on any atom is -0.481 e. The van der Waals surface area contributed by atoms with Gasteiger partial charge in [0.25, 0.3) is 0 Å².